The normalized spacial score (nSPS) is 16.3. The number of aromatic hydroxyl groups is 2. The third-order valence-corrected chi connectivity index (χ3v) is 3.75. The van der Waals surface area contributed by atoms with Gasteiger partial charge in [0.15, 0.2) is 11.5 Å². The standard InChI is InChI=1S/C15H21NO3/c1-2-15(19)16(11-6-4-3-5-7-11)12-8-9-13(17)14(18)10-12/h8-11,17-18H,2-7H2,1H3. The highest BCUT2D eigenvalue weighted by Gasteiger charge is 2.26. The Labute approximate surface area is 113 Å². The zero-order valence-electron chi connectivity index (χ0n) is 11.3. The lowest BCUT2D eigenvalue weighted by molar-refractivity contribution is -0.118. The number of benzene rings is 1. The van der Waals surface area contributed by atoms with Crippen molar-refractivity contribution in [1.29, 1.82) is 0 Å². The summed E-state index contributed by atoms with van der Waals surface area (Å²) in [4.78, 5) is 14.0. The van der Waals surface area contributed by atoms with Gasteiger partial charge in [0, 0.05) is 24.2 Å². The molecular formula is C15H21NO3. The van der Waals surface area contributed by atoms with Gasteiger partial charge in [-0.2, -0.15) is 0 Å². The molecule has 104 valence electrons. The molecule has 1 amide bonds. The minimum absolute atomic E-state index is 0.0667. The number of phenolic OH excluding ortho intramolecular Hbond substituents is 2. The smallest absolute Gasteiger partial charge is 0.226 e. The first-order valence-electron chi connectivity index (χ1n) is 6.97. The summed E-state index contributed by atoms with van der Waals surface area (Å²) < 4.78 is 0. The molecule has 4 nitrogen and oxygen atoms in total. The van der Waals surface area contributed by atoms with E-state index >= 15 is 0 Å². The quantitative estimate of drug-likeness (QED) is 0.823. The van der Waals surface area contributed by atoms with E-state index in [1.165, 1.54) is 18.6 Å². The minimum atomic E-state index is -0.179. The average molecular weight is 263 g/mol. The van der Waals surface area contributed by atoms with Crippen LogP contribution in [0.2, 0.25) is 0 Å². The second-order valence-corrected chi connectivity index (χ2v) is 5.08. The highest BCUT2D eigenvalue weighted by molar-refractivity contribution is 5.94. The number of hydrogen-bond acceptors (Lipinski definition) is 3. The molecule has 1 aromatic rings. The van der Waals surface area contributed by atoms with Crippen LogP contribution in [0.4, 0.5) is 5.69 Å². The summed E-state index contributed by atoms with van der Waals surface area (Å²) in [6.45, 7) is 1.85. The fourth-order valence-electron chi connectivity index (χ4n) is 2.73. The van der Waals surface area contributed by atoms with Crippen LogP contribution in [0, 0.1) is 0 Å². The molecular weight excluding hydrogens is 242 g/mol. The maximum Gasteiger partial charge on any atom is 0.226 e. The molecule has 0 radical (unpaired) electrons. The van der Waals surface area contributed by atoms with E-state index in [0.717, 1.165) is 25.7 Å². The van der Waals surface area contributed by atoms with E-state index in [4.69, 9.17) is 0 Å². The van der Waals surface area contributed by atoms with Crippen molar-refractivity contribution in [2.45, 2.75) is 51.5 Å². The summed E-state index contributed by atoms with van der Waals surface area (Å²) in [7, 11) is 0. The van der Waals surface area contributed by atoms with Crippen LogP contribution in [0.15, 0.2) is 18.2 Å². The predicted molar refractivity (Wildman–Crippen MR) is 74.4 cm³/mol. The van der Waals surface area contributed by atoms with Crippen molar-refractivity contribution < 1.29 is 15.0 Å². The number of phenols is 2. The van der Waals surface area contributed by atoms with Crippen LogP contribution in [0.5, 0.6) is 11.5 Å². The number of nitrogens with zero attached hydrogens (tertiary/aromatic N) is 1. The van der Waals surface area contributed by atoms with E-state index in [1.807, 2.05) is 6.92 Å². The van der Waals surface area contributed by atoms with Gasteiger partial charge in [-0.3, -0.25) is 4.79 Å². The van der Waals surface area contributed by atoms with E-state index < -0.39 is 0 Å². The summed E-state index contributed by atoms with van der Waals surface area (Å²) in [6, 6.07) is 4.81. The molecule has 4 heteroatoms. The SMILES string of the molecule is CCC(=O)N(c1ccc(O)c(O)c1)C1CCCCC1. The molecule has 0 aliphatic heterocycles. The Morgan fingerprint density at radius 3 is 2.47 bits per heavy atom. The minimum Gasteiger partial charge on any atom is -0.504 e. The monoisotopic (exact) mass is 263 g/mol. The Morgan fingerprint density at radius 2 is 1.89 bits per heavy atom. The van der Waals surface area contributed by atoms with Crippen LogP contribution in [0.3, 0.4) is 0 Å². The van der Waals surface area contributed by atoms with Gasteiger partial charge in [0.25, 0.3) is 0 Å². The molecule has 0 atom stereocenters. The maximum absolute atomic E-state index is 12.2. The first-order valence-corrected chi connectivity index (χ1v) is 6.97. The van der Waals surface area contributed by atoms with E-state index in [2.05, 4.69) is 0 Å². The molecule has 0 aromatic heterocycles. The molecule has 1 aliphatic carbocycles. The van der Waals surface area contributed by atoms with Crippen LogP contribution >= 0.6 is 0 Å². The lowest BCUT2D eigenvalue weighted by atomic mass is 9.93. The van der Waals surface area contributed by atoms with E-state index in [0.29, 0.717) is 12.1 Å². The first kappa shape index (κ1) is 13.7. The summed E-state index contributed by atoms with van der Waals surface area (Å²) in [6.07, 6.45) is 5.97. The van der Waals surface area contributed by atoms with Gasteiger partial charge < -0.3 is 15.1 Å². The summed E-state index contributed by atoms with van der Waals surface area (Å²) >= 11 is 0. The molecule has 1 fully saturated rings. The first-order chi connectivity index (χ1) is 9.13. The third kappa shape index (κ3) is 3.00. The third-order valence-electron chi connectivity index (χ3n) is 3.75. The number of carbonyl (C=O) groups excluding carboxylic acids is 1. The van der Waals surface area contributed by atoms with Crippen molar-refractivity contribution in [3.63, 3.8) is 0 Å². The summed E-state index contributed by atoms with van der Waals surface area (Å²) in [5.41, 5.74) is 0.675. The maximum atomic E-state index is 12.2. The Balaban J connectivity index is 2.30. The molecule has 0 saturated heterocycles. The fourth-order valence-corrected chi connectivity index (χ4v) is 2.73. The van der Waals surface area contributed by atoms with E-state index in [-0.39, 0.29) is 23.4 Å². The summed E-state index contributed by atoms with van der Waals surface area (Å²) in [5, 5.41) is 19.0. The number of hydrogen-bond donors (Lipinski definition) is 2. The average Bonchev–Trinajstić information content (AvgIpc) is 2.44. The number of rotatable bonds is 3. The van der Waals surface area contributed by atoms with Crippen molar-refractivity contribution in [2.24, 2.45) is 0 Å². The topological polar surface area (TPSA) is 60.8 Å². The van der Waals surface area contributed by atoms with Crippen LogP contribution in [0.25, 0.3) is 0 Å². The van der Waals surface area contributed by atoms with Crippen LogP contribution in [-0.4, -0.2) is 22.2 Å². The largest absolute Gasteiger partial charge is 0.504 e. The number of carbonyl (C=O) groups is 1. The summed E-state index contributed by atoms with van der Waals surface area (Å²) in [5.74, 6) is -0.268. The van der Waals surface area contributed by atoms with Crippen molar-refractivity contribution in [3.8, 4) is 11.5 Å². The molecule has 0 heterocycles. The predicted octanol–water partition coefficient (Wildman–Crippen LogP) is 3.17. The Kier molecular flexibility index (Phi) is 4.30. The van der Waals surface area contributed by atoms with Crippen molar-refractivity contribution in [1.82, 2.24) is 0 Å². The zero-order chi connectivity index (χ0) is 13.8. The fraction of sp³-hybridized carbons (Fsp3) is 0.533. The molecule has 0 bridgehead atoms. The molecule has 0 unspecified atom stereocenters. The van der Waals surface area contributed by atoms with Gasteiger partial charge >= 0.3 is 0 Å². The van der Waals surface area contributed by atoms with Crippen LogP contribution < -0.4 is 4.90 Å². The van der Waals surface area contributed by atoms with Crippen LogP contribution in [0.1, 0.15) is 45.4 Å². The van der Waals surface area contributed by atoms with Gasteiger partial charge in [0.05, 0.1) is 0 Å². The Morgan fingerprint density at radius 1 is 1.21 bits per heavy atom. The highest BCUT2D eigenvalue weighted by atomic mass is 16.3. The van der Waals surface area contributed by atoms with E-state index in [9.17, 15) is 15.0 Å². The lowest BCUT2D eigenvalue weighted by Gasteiger charge is -2.34. The highest BCUT2D eigenvalue weighted by Crippen LogP contribution is 2.33. The number of amides is 1. The molecule has 1 aromatic carbocycles. The van der Waals surface area contributed by atoms with E-state index in [1.54, 1.807) is 11.0 Å². The Bertz CT molecular complexity index is 453. The second-order valence-electron chi connectivity index (χ2n) is 5.08. The van der Waals surface area contributed by atoms with Gasteiger partial charge in [0.1, 0.15) is 0 Å². The van der Waals surface area contributed by atoms with Gasteiger partial charge in [-0.1, -0.05) is 26.2 Å². The molecule has 2 rings (SSSR count). The molecule has 19 heavy (non-hydrogen) atoms. The lowest BCUT2D eigenvalue weighted by Crippen LogP contribution is -2.41. The molecule has 0 spiro atoms. The van der Waals surface area contributed by atoms with Crippen molar-refractivity contribution >= 4 is 11.6 Å². The molecule has 1 aliphatic rings. The molecule has 2 N–H and O–H groups in total. The van der Waals surface area contributed by atoms with Gasteiger partial charge in [0.2, 0.25) is 5.91 Å². The second kappa shape index (κ2) is 5.95. The zero-order valence-corrected chi connectivity index (χ0v) is 11.3. The number of anilines is 1. The van der Waals surface area contributed by atoms with Gasteiger partial charge in [-0.05, 0) is 25.0 Å². The van der Waals surface area contributed by atoms with Gasteiger partial charge in [-0.25, -0.2) is 0 Å². The van der Waals surface area contributed by atoms with Crippen molar-refractivity contribution in [2.75, 3.05) is 4.90 Å². The van der Waals surface area contributed by atoms with Crippen molar-refractivity contribution in [3.05, 3.63) is 18.2 Å². The Hall–Kier alpha value is -1.71. The molecule has 1 saturated carbocycles. The van der Waals surface area contributed by atoms with Crippen LogP contribution in [-0.2, 0) is 4.79 Å². The van der Waals surface area contributed by atoms with Gasteiger partial charge in [-0.15, -0.1) is 0 Å².